The summed E-state index contributed by atoms with van der Waals surface area (Å²) in [5.74, 6) is 0. The molecule has 0 aliphatic rings. The third kappa shape index (κ3) is 1.41. The lowest BCUT2D eigenvalue weighted by Crippen LogP contribution is -2.11. The van der Waals surface area contributed by atoms with Crippen LogP contribution in [-0.2, 0) is 0 Å². The van der Waals surface area contributed by atoms with Crippen LogP contribution in [0.15, 0.2) is 30.6 Å². The van der Waals surface area contributed by atoms with Crippen molar-refractivity contribution in [3.63, 3.8) is 0 Å². The van der Waals surface area contributed by atoms with Crippen molar-refractivity contribution in [3.8, 4) is 0 Å². The van der Waals surface area contributed by atoms with Crippen molar-refractivity contribution in [1.29, 1.82) is 0 Å². The molecule has 68 valence electrons. The van der Waals surface area contributed by atoms with Gasteiger partial charge in [-0.1, -0.05) is 6.07 Å². The van der Waals surface area contributed by atoms with Crippen LogP contribution in [0.3, 0.4) is 0 Å². The summed E-state index contributed by atoms with van der Waals surface area (Å²) in [4.78, 5) is 4.22. The molecule has 0 aliphatic carbocycles. The van der Waals surface area contributed by atoms with Gasteiger partial charge in [-0.05, 0) is 12.1 Å². The maximum absolute atomic E-state index is 9.43. The molecule has 3 N–H and O–H groups in total. The Balaban J connectivity index is 2.49. The van der Waals surface area contributed by atoms with E-state index in [1.807, 2.05) is 28.8 Å². The molecule has 13 heavy (non-hydrogen) atoms. The zero-order valence-electron chi connectivity index (χ0n) is 7.09. The molecule has 0 radical (unpaired) electrons. The topological polar surface area (TPSA) is 63.5 Å². The molecule has 2 aromatic rings. The first-order chi connectivity index (χ1) is 6.31. The van der Waals surface area contributed by atoms with Crippen LogP contribution in [0.1, 0.15) is 11.8 Å². The van der Waals surface area contributed by atoms with Crippen molar-refractivity contribution in [3.05, 3.63) is 36.3 Å². The van der Waals surface area contributed by atoms with E-state index in [0.29, 0.717) is 5.69 Å². The smallest absolute Gasteiger partial charge is 0.137 e. The van der Waals surface area contributed by atoms with Crippen LogP contribution in [0, 0.1) is 0 Å². The molecule has 0 aliphatic heterocycles. The minimum absolute atomic E-state index is 0.198. The maximum Gasteiger partial charge on any atom is 0.137 e. The number of aliphatic hydroxyl groups excluding tert-OH is 1. The van der Waals surface area contributed by atoms with E-state index in [1.165, 1.54) is 0 Å². The number of aromatic nitrogens is 2. The van der Waals surface area contributed by atoms with Gasteiger partial charge in [0.25, 0.3) is 0 Å². The highest BCUT2D eigenvalue weighted by Crippen LogP contribution is 2.11. The third-order valence-electron chi connectivity index (χ3n) is 1.95. The molecule has 1 atom stereocenters. The monoisotopic (exact) mass is 177 g/mol. The predicted molar refractivity (Wildman–Crippen MR) is 49.2 cm³/mol. The number of nitrogens with zero attached hydrogens (tertiary/aromatic N) is 2. The first-order valence-electron chi connectivity index (χ1n) is 4.13. The van der Waals surface area contributed by atoms with Crippen LogP contribution in [0.2, 0.25) is 0 Å². The zero-order chi connectivity index (χ0) is 9.26. The molecule has 0 saturated heterocycles. The molecule has 2 aromatic heterocycles. The van der Waals surface area contributed by atoms with Crippen LogP contribution in [0.5, 0.6) is 0 Å². The Morgan fingerprint density at radius 1 is 1.54 bits per heavy atom. The largest absolute Gasteiger partial charge is 0.385 e. The molecule has 2 heterocycles. The SMILES string of the molecule is NC[C@H](O)c1cn2ccccc2n1. The van der Waals surface area contributed by atoms with E-state index in [1.54, 1.807) is 6.20 Å². The van der Waals surface area contributed by atoms with E-state index in [2.05, 4.69) is 4.98 Å². The van der Waals surface area contributed by atoms with Gasteiger partial charge in [0.2, 0.25) is 0 Å². The van der Waals surface area contributed by atoms with E-state index < -0.39 is 6.10 Å². The molecule has 0 amide bonds. The molecular weight excluding hydrogens is 166 g/mol. The van der Waals surface area contributed by atoms with Gasteiger partial charge in [-0.25, -0.2) is 4.98 Å². The van der Waals surface area contributed by atoms with Crippen molar-refractivity contribution < 1.29 is 5.11 Å². The number of hydrogen-bond acceptors (Lipinski definition) is 3. The number of fused-ring (bicyclic) bond motifs is 1. The van der Waals surface area contributed by atoms with Gasteiger partial charge in [0.15, 0.2) is 0 Å². The molecule has 0 unspecified atom stereocenters. The summed E-state index contributed by atoms with van der Waals surface area (Å²) in [6.07, 6.45) is 3.00. The quantitative estimate of drug-likeness (QED) is 0.694. The highest BCUT2D eigenvalue weighted by atomic mass is 16.3. The summed E-state index contributed by atoms with van der Waals surface area (Å²) in [6, 6.07) is 5.70. The second kappa shape index (κ2) is 3.16. The minimum atomic E-state index is -0.667. The fraction of sp³-hybridized carbons (Fsp3) is 0.222. The zero-order valence-corrected chi connectivity index (χ0v) is 7.09. The summed E-state index contributed by atoms with van der Waals surface area (Å²) < 4.78 is 1.86. The van der Waals surface area contributed by atoms with Crippen molar-refractivity contribution in [1.82, 2.24) is 9.38 Å². The summed E-state index contributed by atoms with van der Waals surface area (Å²) in [6.45, 7) is 0.198. The van der Waals surface area contributed by atoms with Gasteiger partial charge in [0, 0.05) is 18.9 Å². The van der Waals surface area contributed by atoms with Gasteiger partial charge in [-0.3, -0.25) is 0 Å². The van der Waals surface area contributed by atoms with Gasteiger partial charge < -0.3 is 15.2 Å². The number of rotatable bonds is 2. The molecule has 2 rings (SSSR count). The number of imidazole rings is 1. The normalized spacial score (nSPS) is 13.4. The standard InChI is InChI=1S/C9H11N3O/c10-5-8(13)7-6-12-4-2-1-3-9(12)11-7/h1-4,6,8,13H,5,10H2/t8-/m0/s1. The molecule has 0 saturated carbocycles. The molecule has 0 aromatic carbocycles. The summed E-state index contributed by atoms with van der Waals surface area (Å²) in [5.41, 5.74) is 6.77. The Morgan fingerprint density at radius 3 is 3.08 bits per heavy atom. The Kier molecular flexibility index (Phi) is 2.00. The van der Waals surface area contributed by atoms with E-state index in [0.717, 1.165) is 5.65 Å². The molecule has 0 bridgehead atoms. The van der Waals surface area contributed by atoms with Crippen LogP contribution < -0.4 is 5.73 Å². The van der Waals surface area contributed by atoms with Crippen molar-refractivity contribution in [2.45, 2.75) is 6.10 Å². The predicted octanol–water partition coefficient (Wildman–Crippen LogP) is 0.326. The first kappa shape index (κ1) is 8.22. The second-order valence-corrected chi connectivity index (χ2v) is 2.88. The number of pyridine rings is 1. The lowest BCUT2D eigenvalue weighted by Gasteiger charge is -2.00. The van der Waals surface area contributed by atoms with Gasteiger partial charge in [-0.2, -0.15) is 0 Å². The maximum atomic E-state index is 9.43. The average molecular weight is 177 g/mol. The molecule has 0 fully saturated rings. The Hall–Kier alpha value is -1.39. The van der Waals surface area contributed by atoms with Crippen molar-refractivity contribution >= 4 is 5.65 Å². The fourth-order valence-corrected chi connectivity index (χ4v) is 1.24. The van der Waals surface area contributed by atoms with E-state index >= 15 is 0 Å². The lowest BCUT2D eigenvalue weighted by molar-refractivity contribution is 0.182. The molecular formula is C9H11N3O. The van der Waals surface area contributed by atoms with E-state index in [9.17, 15) is 5.11 Å². The van der Waals surface area contributed by atoms with Crippen LogP contribution in [-0.4, -0.2) is 21.0 Å². The van der Waals surface area contributed by atoms with Gasteiger partial charge >= 0.3 is 0 Å². The van der Waals surface area contributed by atoms with Gasteiger partial charge in [-0.15, -0.1) is 0 Å². The highest BCUT2D eigenvalue weighted by molar-refractivity contribution is 5.39. The lowest BCUT2D eigenvalue weighted by atomic mass is 10.3. The Bertz CT molecular complexity index is 377. The van der Waals surface area contributed by atoms with Crippen LogP contribution in [0.25, 0.3) is 5.65 Å². The van der Waals surface area contributed by atoms with E-state index in [-0.39, 0.29) is 6.54 Å². The third-order valence-corrected chi connectivity index (χ3v) is 1.95. The number of hydrogen-bond donors (Lipinski definition) is 2. The second-order valence-electron chi connectivity index (χ2n) is 2.88. The molecule has 4 nitrogen and oxygen atoms in total. The summed E-state index contributed by atoms with van der Waals surface area (Å²) in [7, 11) is 0. The summed E-state index contributed by atoms with van der Waals surface area (Å²) >= 11 is 0. The highest BCUT2D eigenvalue weighted by Gasteiger charge is 2.08. The fourth-order valence-electron chi connectivity index (χ4n) is 1.24. The first-order valence-corrected chi connectivity index (χ1v) is 4.13. The van der Waals surface area contributed by atoms with Crippen molar-refractivity contribution in [2.24, 2.45) is 5.73 Å². The van der Waals surface area contributed by atoms with Gasteiger partial charge in [0.05, 0.1) is 5.69 Å². The molecule has 0 spiro atoms. The average Bonchev–Trinajstić information content (AvgIpc) is 2.59. The van der Waals surface area contributed by atoms with Gasteiger partial charge in [0.1, 0.15) is 11.8 Å². The Morgan fingerprint density at radius 2 is 2.38 bits per heavy atom. The molecule has 4 heteroatoms. The number of aliphatic hydroxyl groups is 1. The van der Waals surface area contributed by atoms with E-state index in [4.69, 9.17) is 5.73 Å². The van der Waals surface area contributed by atoms with Crippen molar-refractivity contribution in [2.75, 3.05) is 6.54 Å². The summed E-state index contributed by atoms with van der Waals surface area (Å²) in [5, 5.41) is 9.43. The van der Waals surface area contributed by atoms with Crippen LogP contribution in [0.4, 0.5) is 0 Å². The number of nitrogens with two attached hydrogens (primary N) is 1. The van der Waals surface area contributed by atoms with Crippen LogP contribution >= 0.6 is 0 Å². The minimum Gasteiger partial charge on any atom is -0.385 e. The Labute approximate surface area is 75.6 Å².